The molecule has 2 aromatic rings. The van der Waals surface area contributed by atoms with Crippen LogP contribution in [-0.4, -0.2) is 11.4 Å². The number of rotatable bonds is 3. The monoisotopic (exact) mass is 321 g/mol. The Kier molecular flexibility index (Phi) is 4.29. The van der Waals surface area contributed by atoms with Crippen molar-refractivity contribution in [3.63, 3.8) is 0 Å². The molecule has 1 heterocycles. The van der Waals surface area contributed by atoms with Crippen LogP contribution < -0.4 is 5.32 Å². The first-order valence-corrected chi connectivity index (χ1v) is 6.45. The molecule has 1 aromatic carbocycles. The van der Waals surface area contributed by atoms with Gasteiger partial charge >= 0.3 is 5.51 Å². The number of thioether (sulfide) groups is 1. The maximum atomic E-state index is 12.1. The molecule has 0 saturated carbocycles. The Morgan fingerprint density at radius 1 is 1.15 bits per heavy atom. The van der Waals surface area contributed by atoms with Crippen LogP contribution in [-0.2, 0) is 0 Å². The molecule has 0 spiro atoms. The first kappa shape index (κ1) is 14.8. The molecule has 0 atom stereocenters. The summed E-state index contributed by atoms with van der Waals surface area (Å²) in [4.78, 5) is 11.7. The van der Waals surface area contributed by atoms with Crippen molar-refractivity contribution in [1.82, 2.24) is 0 Å². The minimum absolute atomic E-state index is 0.0174. The second kappa shape index (κ2) is 5.80. The average molecular weight is 322 g/mol. The van der Waals surface area contributed by atoms with Crippen LogP contribution in [0.4, 0.5) is 18.9 Å². The van der Waals surface area contributed by atoms with Crippen LogP contribution in [0.5, 0.6) is 0 Å². The van der Waals surface area contributed by atoms with Crippen molar-refractivity contribution in [3.05, 3.63) is 47.4 Å². The summed E-state index contributed by atoms with van der Waals surface area (Å²) < 4.78 is 41.3. The van der Waals surface area contributed by atoms with Crippen LogP contribution in [0.25, 0.3) is 0 Å². The summed E-state index contributed by atoms with van der Waals surface area (Å²) in [5.41, 5.74) is -3.98. The lowest BCUT2D eigenvalue weighted by Gasteiger charge is -2.07. The molecule has 1 N–H and O–H groups in total. The number of halogens is 4. The van der Waals surface area contributed by atoms with Crippen molar-refractivity contribution in [3.8, 4) is 0 Å². The molecule has 0 aliphatic heterocycles. The molecule has 106 valence electrons. The summed E-state index contributed by atoms with van der Waals surface area (Å²) in [5, 5.41) is 2.56. The van der Waals surface area contributed by atoms with Crippen molar-refractivity contribution in [2.24, 2.45) is 0 Å². The van der Waals surface area contributed by atoms with Crippen molar-refractivity contribution in [2.45, 2.75) is 10.4 Å². The number of nitrogens with one attached hydrogen (secondary N) is 1. The second-order valence-electron chi connectivity index (χ2n) is 3.63. The van der Waals surface area contributed by atoms with Crippen molar-refractivity contribution >= 4 is 35.0 Å². The molecule has 0 aliphatic rings. The van der Waals surface area contributed by atoms with Gasteiger partial charge in [-0.3, -0.25) is 4.79 Å². The topological polar surface area (TPSA) is 42.2 Å². The molecule has 1 amide bonds. The molecule has 8 heteroatoms. The summed E-state index contributed by atoms with van der Waals surface area (Å²) in [5.74, 6) is -0.517. The van der Waals surface area contributed by atoms with E-state index < -0.39 is 11.4 Å². The number of hydrogen-bond donors (Lipinski definition) is 1. The zero-order valence-corrected chi connectivity index (χ0v) is 11.3. The number of carbonyl (C=O) groups is 1. The molecule has 0 radical (unpaired) electrons. The van der Waals surface area contributed by atoms with Gasteiger partial charge in [-0.25, -0.2) is 0 Å². The fourth-order valence-corrected chi connectivity index (χ4v) is 2.05. The highest BCUT2D eigenvalue weighted by atomic mass is 35.5. The van der Waals surface area contributed by atoms with Gasteiger partial charge in [0, 0.05) is 10.6 Å². The summed E-state index contributed by atoms with van der Waals surface area (Å²) in [7, 11) is 0. The zero-order chi connectivity index (χ0) is 14.8. The molecule has 3 nitrogen and oxygen atoms in total. The van der Waals surface area contributed by atoms with Gasteiger partial charge in [-0.15, -0.1) is 0 Å². The summed E-state index contributed by atoms with van der Waals surface area (Å²) in [6, 6.07) is 8.09. The fourth-order valence-electron chi connectivity index (χ4n) is 1.37. The highest BCUT2D eigenvalue weighted by Gasteiger charge is 2.29. The molecule has 2 rings (SSSR count). The van der Waals surface area contributed by atoms with E-state index in [2.05, 4.69) is 5.32 Å². The van der Waals surface area contributed by atoms with E-state index in [1.165, 1.54) is 36.4 Å². The first-order valence-electron chi connectivity index (χ1n) is 5.26. The minimum atomic E-state index is -4.34. The maximum absolute atomic E-state index is 12.1. The minimum Gasteiger partial charge on any atom is -0.440 e. The predicted octanol–water partition coefficient (Wildman–Crippen LogP) is 4.80. The van der Waals surface area contributed by atoms with Gasteiger partial charge in [0.2, 0.25) is 0 Å². The van der Waals surface area contributed by atoms with Gasteiger partial charge in [-0.05, 0) is 59.8 Å². The molecule has 20 heavy (non-hydrogen) atoms. The van der Waals surface area contributed by atoms with E-state index in [1.807, 2.05) is 0 Å². The van der Waals surface area contributed by atoms with Gasteiger partial charge < -0.3 is 9.73 Å². The third kappa shape index (κ3) is 4.21. The average Bonchev–Trinajstić information content (AvgIpc) is 2.77. The SMILES string of the molecule is O=C(Nc1ccc(SC(F)(F)F)cc1)c1ccc(Cl)o1. The van der Waals surface area contributed by atoms with Crippen LogP contribution in [0.3, 0.4) is 0 Å². The maximum Gasteiger partial charge on any atom is 0.446 e. The van der Waals surface area contributed by atoms with E-state index in [0.717, 1.165) is 0 Å². The van der Waals surface area contributed by atoms with Gasteiger partial charge in [0.05, 0.1) is 0 Å². The van der Waals surface area contributed by atoms with Crippen molar-refractivity contribution in [1.29, 1.82) is 0 Å². The van der Waals surface area contributed by atoms with Gasteiger partial charge in [-0.1, -0.05) is 0 Å². The van der Waals surface area contributed by atoms with Crippen LogP contribution in [0.1, 0.15) is 10.6 Å². The van der Waals surface area contributed by atoms with E-state index in [9.17, 15) is 18.0 Å². The molecule has 0 saturated heterocycles. The number of carbonyl (C=O) groups excluding carboxylic acids is 1. The smallest absolute Gasteiger partial charge is 0.440 e. The number of furan rings is 1. The first-order chi connectivity index (χ1) is 9.33. The lowest BCUT2D eigenvalue weighted by Crippen LogP contribution is -2.10. The Morgan fingerprint density at radius 3 is 2.30 bits per heavy atom. The van der Waals surface area contributed by atoms with Crippen LogP contribution in [0.2, 0.25) is 5.22 Å². The Morgan fingerprint density at radius 2 is 1.80 bits per heavy atom. The number of benzene rings is 1. The van der Waals surface area contributed by atoms with Gasteiger partial charge in [0.15, 0.2) is 11.0 Å². The van der Waals surface area contributed by atoms with E-state index in [0.29, 0.717) is 5.69 Å². The second-order valence-corrected chi connectivity index (χ2v) is 5.14. The molecule has 1 aromatic heterocycles. The Balaban J connectivity index is 2.02. The van der Waals surface area contributed by atoms with Crippen LogP contribution in [0, 0.1) is 0 Å². The third-order valence-corrected chi connectivity index (χ3v) is 3.09. The molecule has 0 unspecified atom stereocenters. The standard InChI is InChI=1S/C12H7ClF3NO2S/c13-10-6-5-9(19-10)11(18)17-7-1-3-8(4-2-7)20-12(14,15)16/h1-6H,(H,17,18). The molecular weight excluding hydrogens is 315 g/mol. The van der Waals surface area contributed by atoms with Crippen molar-refractivity contribution in [2.75, 3.05) is 5.32 Å². The molecular formula is C12H7ClF3NO2S. The summed E-state index contributed by atoms with van der Waals surface area (Å²) in [6.45, 7) is 0. The van der Waals surface area contributed by atoms with E-state index >= 15 is 0 Å². The fraction of sp³-hybridized carbons (Fsp3) is 0.0833. The predicted molar refractivity (Wildman–Crippen MR) is 70.0 cm³/mol. The largest absolute Gasteiger partial charge is 0.446 e. The molecule has 0 fully saturated rings. The lowest BCUT2D eigenvalue weighted by atomic mass is 10.3. The zero-order valence-electron chi connectivity index (χ0n) is 9.70. The van der Waals surface area contributed by atoms with E-state index in [-0.39, 0.29) is 27.6 Å². The van der Waals surface area contributed by atoms with Crippen molar-refractivity contribution < 1.29 is 22.4 Å². The normalized spacial score (nSPS) is 11.4. The van der Waals surface area contributed by atoms with E-state index in [4.69, 9.17) is 16.0 Å². The van der Waals surface area contributed by atoms with Crippen LogP contribution >= 0.6 is 23.4 Å². The van der Waals surface area contributed by atoms with Crippen LogP contribution in [0.15, 0.2) is 45.7 Å². The van der Waals surface area contributed by atoms with Gasteiger partial charge in [0.25, 0.3) is 5.91 Å². The highest BCUT2D eigenvalue weighted by molar-refractivity contribution is 8.00. The molecule has 0 aliphatic carbocycles. The molecule has 0 bridgehead atoms. The highest BCUT2D eigenvalue weighted by Crippen LogP contribution is 2.37. The van der Waals surface area contributed by atoms with E-state index in [1.54, 1.807) is 0 Å². The number of alkyl halides is 3. The summed E-state index contributed by atoms with van der Waals surface area (Å²) >= 11 is 5.31. The quantitative estimate of drug-likeness (QED) is 0.826. The Hall–Kier alpha value is -1.60. The van der Waals surface area contributed by atoms with Gasteiger partial charge in [-0.2, -0.15) is 13.2 Å². The summed E-state index contributed by atoms with van der Waals surface area (Å²) in [6.07, 6.45) is 0. The Labute approximate surface area is 121 Å². The third-order valence-electron chi connectivity index (χ3n) is 2.14. The number of anilines is 1. The lowest BCUT2D eigenvalue weighted by molar-refractivity contribution is -0.0328. The number of hydrogen-bond acceptors (Lipinski definition) is 3. The number of amides is 1. The van der Waals surface area contributed by atoms with Gasteiger partial charge in [0.1, 0.15) is 0 Å². The Bertz CT molecular complexity index is 610.